The third-order valence-corrected chi connectivity index (χ3v) is 5.11. The van der Waals surface area contributed by atoms with Crippen LogP contribution in [0.4, 0.5) is 4.39 Å². The molecule has 2 aromatic carbocycles. The molecule has 0 aliphatic heterocycles. The Morgan fingerprint density at radius 1 is 1.07 bits per heavy atom. The molecule has 7 heteroatoms. The minimum absolute atomic E-state index is 0.120. The second-order valence-corrected chi connectivity index (χ2v) is 8.18. The van der Waals surface area contributed by atoms with E-state index in [0.29, 0.717) is 11.6 Å². The Kier molecular flexibility index (Phi) is 8.47. The van der Waals surface area contributed by atoms with Crippen molar-refractivity contribution in [2.45, 2.75) is 39.8 Å². The van der Waals surface area contributed by atoms with Gasteiger partial charge in [0.1, 0.15) is 11.9 Å². The van der Waals surface area contributed by atoms with Gasteiger partial charge in [-0.1, -0.05) is 55.2 Å². The van der Waals surface area contributed by atoms with E-state index in [2.05, 4.69) is 5.32 Å². The molecular formula is C22H25Cl2FN2O2. The molecule has 29 heavy (non-hydrogen) atoms. The lowest BCUT2D eigenvalue weighted by Crippen LogP contribution is -2.48. The Bertz CT molecular complexity index is 836. The summed E-state index contributed by atoms with van der Waals surface area (Å²) in [6.07, 6.45) is -0.235. The number of amides is 2. The van der Waals surface area contributed by atoms with Crippen molar-refractivity contribution in [1.82, 2.24) is 10.2 Å². The van der Waals surface area contributed by atoms with Crippen LogP contribution in [0.3, 0.4) is 0 Å². The molecule has 4 nitrogen and oxygen atoms in total. The van der Waals surface area contributed by atoms with Gasteiger partial charge in [0.25, 0.3) is 0 Å². The van der Waals surface area contributed by atoms with Gasteiger partial charge in [0, 0.05) is 28.7 Å². The molecule has 0 aliphatic carbocycles. The number of carbonyl (C=O) groups is 2. The van der Waals surface area contributed by atoms with Crippen molar-refractivity contribution >= 4 is 35.0 Å². The van der Waals surface area contributed by atoms with Crippen molar-refractivity contribution in [3.63, 3.8) is 0 Å². The second-order valence-electron chi connectivity index (χ2n) is 7.34. The van der Waals surface area contributed by atoms with Crippen molar-refractivity contribution in [2.24, 2.45) is 5.92 Å². The normalized spacial score (nSPS) is 12.0. The molecule has 0 saturated carbocycles. The summed E-state index contributed by atoms with van der Waals surface area (Å²) in [4.78, 5) is 27.1. The van der Waals surface area contributed by atoms with Crippen molar-refractivity contribution in [3.8, 4) is 0 Å². The molecule has 2 amide bonds. The standard InChI is InChI=1S/C22H25Cl2FN2O2/c1-14(2)12-26-22(29)15(3)27(13-16-7-9-17(23)10-8-16)21(28)11-18-19(24)5-4-6-20(18)25/h4-10,14-15H,11-13H2,1-3H3,(H,26,29)/t15-/m0/s1. The van der Waals surface area contributed by atoms with E-state index in [4.69, 9.17) is 23.2 Å². The van der Waals surface area contributed by atoms with Crippen LogP contribution in [-0.2, 0) is 22.6 Å². The van der Waals surface area contributed by atoms with Crippen LogP contribution >= 0.6 is 23.2 Å². The fourth-order valence-electron chi connectivity index (χ4n) is 2.78. The molecule has 0 fully saturated rings. The fourth-order valence-corrected chi connectivity index (χ4v) is 3.13. The monoisotopic (exact) mass is 438 g/mol. The highest BCUT2D eigenvalue weighted by atomic mass is 35.5. The van der Waals surface area contributed by atoms with Crippen LogP contribution in [0, 0.1) is 11.7 Å². The van der Waals surface area contributed by atoms with E-state index in [-0.39, 0.29) is 41.3 Å². The predicted molar refractivity (Wildman–Crippen MR) is 114 cm³/mol. The quantitative estimate of drug-likeness (QED) is 0.639. The summed E-state index contributed by atoms with van der Waals surface area (Å²) in [7, 11) is 0. The first-order valence-electron chi connectivity index (χ1n) is 9.43. The smallest absolute Gasteiger partial charge is 0.242 e. The van der Waals surface area contributed by atoms with Gasteiger partial charge in [0.2, 0.25) is 11.8 Å². The zero-order valence-corrected chi connectivity index (χ0v) is 18.2. The maximum absolute atomic E-state index is 14.2. The third kappa shape index (κ3) is 6.72. The molecule has 0 saturated heterocycles. The Morgan fingerprint density at radius 3 is 2.31 bits per heavy atom. The van der Waals surface area contributed by atoms with E-state index in [1.807, 2.05) is 13.8 Å². The van der Waals surface area contributed by atoms with E-state index in [9.17, 15) is 14.0 Å². The number of rotatable bonds is 8. The average Bonchev–Trinajstić information content (AvgIpc) is 2.67. The van der Waals surface area contributed by atoms with Crippen LogP contribution < -0.4 is 5.32 Å². The van der Waals surface area contributed by atoms with E-state index >= 15 is 0 Å². The topological polar surface area (TPSA) is 49.4 Å². The van der Waals surface area contributed by atoms with Crippen molar-refractivity contribution < 1.29 is 14.0 Å². The van der Waals surface area contributed by atoms with E-state index in [1.165, 1.54) is 23.1 Å². The predicted octanol–water partition coefficient (Wildman–Crippen LogP) is 4.86. The summed E-state index contributed by atoms with van der Waals surface area (Å²) >= 11 is 12.0. The Labute approximate surface area is 181 Å². The molecule has 2 rings (SSSR count). The van der Waals surface area contributed by atoms with Crippen LogP contribution in [0.15, 0.2) is 42.5 Å². The lowest BCUT2D eigenvalue weighted by Gasteiger charge is -2.29. The average molecular weight is 439 g/mol. The molecule has 156 valence electrons. The molecule has 0 aliphatic rings. The van der Waals surface area contributed by atoms with Gasteiger partial charge in [-0.25, -0.2) is 4.39 Å². The van der Waals surface area contributed by atoms with Crippen LogP contribution in [0.1, 0.15) is 31.9 Å². The SMILES string of the molecule is CC(C)CNC(=O)[C@H](C)N(Cc1ccc(Cl)cc1)C(=O)Cc1c(F)cccc1Cl. The summed E-state index contributed by atoms with van der Waals surface area (Å²) < 4.78 is 14.2. The molecule has 0 bridgehead atoms. The van der Waals surface area contributed by atoms with Crippen molar-refractivity contribution in [1.29, 1.82) is 0 Å². The van der Waals surface area contributed by atoms with Crippen molar-refractivity contribution in [3.05, 3.63) is 69.5 Å². The minimum Gasteiger partial charge on any atom is -0.354 e. The highest BCUT2D eigenvalue weighted by molar-refractivity contribution is 6.31. The lowest BCUT2D eigenvalue weighted by atomic mass is 10.1. The summed E-state index contributed by atoms with van der Waals surface area (Å²) in [5, 5.41) is 3.60. The molecule has 0 spiro atoms. The molecule has 0 radical (unpaired) electrons. The van der Waals surface area contributed by atoms with Crippen LogP contribution in [0.2, 0.25) is 10.0 Å². The Morgan fingerprint density at radius 2 is 1.72 bits per heavy atom. The first kappa shape index (κ1) is 23.2. The van der Waals surface area contributed by atoms with Gasteiger partial charge in [-0.3, -0.25) is 9.59 Å². The highest BCUT2D eigenvalue weighted by Gasteiger charge is 2.27. The third-order valence-electron chi connectivity index (χ3n) is 4.51. The van der Waals surface area contributed by atoms with Crippen molar-refractivity contribution in [2.75, 3.05) is 6.54 Å². The molecule has 2 aromatic rings. The number of halogens is 3. The maximum atomic E-state index is 14.2. The van der Waals surface area contributed by atoms with E-state index in [0.717, 1.165) is 5.56 Å². The fraction of sp³-hybridized carbons (Fsp3) is 0.364. The van der Waals surface area contributed by atoms with Gasteiger partial charge in [0.15, 0.2) is 0 Å². The Balaban J connectivity index is 2.26. The summed E-state index contributed by atoms with van der Waals surface area (Å²) in [6, 6.07) is 10.6. The number of hydrogen-bond acceptors (Lipinski definition) is 2. The largest absolute Gasteiger partial charge is 0.354 e. The molecule has 0 heterocycles. The molecule has 0 unspecified atom stereocenters. The Hall–Kier alpha value is -2.11. The molecule has 0 aromatic heterocycles. The zero-order chi connectivity index (χ0) is 21.6. The number of nitrogens with one attached hydrogen (secondary N) is 1. The van der Waals surface area contributed by atoms with Gasteiger partial charge < -0.3 is 10.2 Å². The molecular weight excluding hydrogens is 414 g/mol. The van der Waals surface area contributed by atoms with Gasteiger partial charge >= 0.3 is 0 Å². The number of nitrogens with zero attached hydrogens (tertiary/aromatic N) is 1. The first-order valence-corrected chi connectivity index (χ1v) is 10.2. The minimum atomic E-state index is -0.734. The van der Waals surface area contributed by atoms with Crippen LogP contribution in [0.25, 0.3) is 0 Å². The number of carbonyl (C=O) groups excluding carboxylic acids is 2. The molecule has 1 atom stereocenters. The highest BCUT2D eigenvalue weighted by Crippen LogP contribution is 2.22. The first-order chi connectivity index (χ1) is 13.7. The number of benzene rings is 2. The maximum Gasteiger partial charge on any atom is 0.242 e. The van der Waals surface area contributed by atoms with Gasteiger partial charge in [-0.05, 0) is 42.7 Å². The van der Waals surface area contributed by atoms with Gasteiger partial charge in [-0.2, -0.15) is 0 Å². The summed E-state index contributed by atoms with van der Waals surface area (Å²) in [5.74, 6) is -0.919. The lowest BCUT2D eigenvalue weighted by molar-refractivity contribution is -0.140. The van der Waals surface area contributed by atoms with Crippen LogP contribution in [-0.4, -0.2) is 29.3 Å². The number of hydrogen-bond donors (Lipinski definition) is 1. The zero-order valence-electron chi connectivity index (χ0n) is 16.7. The van der Waals surface area contributed by atoms with Gasteiger partial charge in [0.05, 0.1) is 6.42 Å². The van der Waals surface area contributed by atoms with E-state index < -0.39 is 11.9 Å². The van der Waals surface area contributed by atoms with Crippen LogP contribution in [0.5, 0.6) is 0 Å². The van der Waals surface area contributed by atoms with Gasteiger partial charge in [-0.15, -0.1) is 0 Å². The second kappa shape index (κ2) is 10.6. The molecule has 1 N–H and O–H groups in total. The van der Waals surface area contributed by atoms with E-state index in [1.54, 1.807) is 31.2 Å². The summed E-state index contributed by atoms with van der Waals surface area (Å²) in [5.41, 5.74) is 0.931. The summed E-state index contributed by atoms with van der Waals surface area (Å²) in [6.45, 7) is 6.33.